The van der Waals surface area contributed by atoms with Crippen LogP contribution in [0.3, 0.4) is 0 Å². The van der Waals surface area contributed by atoms with Crippen LogP contribution in [0.1, 0.15) is 71.9 Å². The number of aromatic nitrogens is 5. The minimum Gasteiger partial charge on any atom is -0.343 e. The quantitative estimate of drug-likeness (QED) is 0.653. The van der Waals surface area contributed by atoms with Crippen molar-refractivity contribution in [2.24, 2.45) is 0 Å². The smallest absolute Gasteiger partial charge is 0.272 e. The maximum Gasteiger partial charge on any atom is 0.272 e. The largest absolute Gasteiger partial charge is 0.343 e. The van der Waals surface area contributed by atoms with Gasteiger partial charge in [0.1, 0.15) is 11.6 Å². The normalized spacial score (nSPS) is 16.2. The molecule has 0 atom stereocenters. The fourth-order valence-electron chi connectivity index (χ4n) is 4.67. The van der Waals surface area contributed by atoms with Gasteiger partial charge in [-0.3, -0.25) is 4.79 Å². The Labute approximate surface area is 180 Å². The number of carbonyl (C=O) groups excluding carboxylic acids is 1. The van der Waals surface area contributed by atoms with Gasteiger partial charge >= 0.3 is 0 Å². The number of hydrogen-bond acceptors (Lipinski definition) is 4. The summed E-state index contributed by atoms with van der Waals surface area (Å²) in [5, 5.41) is 16.3. The minimum absolute atomic E-state index is 0.190. The fraction of sp³-hybridized carbons (Fsp3) is 0.478. The lowest BCUT2D eigenvalue weighted by Crippen LogP contribution is -2.26. The predicted molar refractivity (Wildman–Crippen MR) is 114 cm³/mol. The highest BCUT2D eigenvalue weighted by molar-refractivity contribution is 5.94. The van der Waals surface area contributed by atoms with E-state index < -0.39 is 0 Å². The topological polar surface area (TPSA) is 77.6 Å². The molecule has 1 aliphatic heterocycles. The molecule has 31 heavy (non-hydrogen) atoms. The lowest BCUT2D eigenvalue weighted by molar-refractivity contribution is 0.0943. The van der Waals surface area contributed by atoms with E-state index in [1.807, 2.05) is 4.68 Å². The van der Waals surface area contributed by atoms with Crippen LogP contribution in [0.15, 0.2) is 24.3 Å². The molecular formula is C23H27FN6O. The van der Waals surface area contributed by atoms with Crippen LogP contribution >= 0.6 is 0 Å². The zero-order valence-electron chi connectivity index (χ0n) is 17.6. The third-order valence-electron chi connectivity index (χ3n) is 6.31. The molecule has 162 valence electrons. The van der Waals surface area contributed by atoms with Gasteiger partial charge in [-0.05, 0) is 62.8 Å². The molecule has 1 aliphatic carbocycles. The van der Waals surface area contributed by atoms with Crippen LogP contribution in [0.25, 0.3) is 5.69 Å². The molecule has 0 radical (unpaired) electrons. The molecule has 0 saturated carbocycles. The molecular weight excluding hydrogens is 395 g/mol. The molecule has 3 aromatic rings. The average Bonchev–Trinajstić information content (AvgIpc) is 3.11. The zero-order valence-corrected chi connectivity index (χ0v) is 17.6. The highest BCUT2D eigenvalue weighted by Gasteiger charge is 2.25. The summed E-state index contributed by atoms with van der Waals surface area (Å²) in [6.45, 7) is 1.24. The minimum atomic E-state index is -0.285. The SMILES string of the molecule is O=C(NCc1nnc2n1CCCCC2)c1nn(-c2ccc(F)cc2)c2c1CCCCC2. The Bertz CT molecular complexity index is 1080. The summed E-state index contributed by atoms with van der Waals surface area (Å²) in [6, 6.07) is 6.27. The summed E-state index contributed by atoms with van der Waals surface area (Å²) in [6.07, 6.45) is 9.32. The molecule has 0 spiro atoms. The van der Waals surface area contributed by atoms with Crippen LogP contribution in [0.5, 0.6) is 0 Å². The monoisotopic (exact) mass is 422 g/mol. The van der Waals surface area contributed by atoms with Gasteiger partial charge in [-0.15, -0.1) is 10.2 Å². The van der Waals surface area contributed by atoms with Crippen LogP contribution < -0.4 is 5.32 Å². The van der Waals surface area contributed by atoms with Gasteiger partial charge < -0.3 is 9.88 Å². The lowest BCUT2D eigenvalue weighted by atomic mass is 10.1. The van der Waals surface area contributed by atoms with E-state index in [1.54, 1.807) is 12.1 Å². The van der Waals surface area contributed by atoms with Crippen molar-refractivity contribution in [2.75, 3.05) is 0 Å². The van der Waals surface area contributed by atoms with Gasteiger partial charge in [0, 0.05) is 24.2 Å². The van der Waals surface area contributed by atoms with E-state index in [0.717, 1.165) is 86.5 Å². The second-order valence-electron chi connectivity index (χ2n) is 8.40. The highest BCUT2D eigenvalue weighted by atomic mass is 19.1. The first-order chi connectivity index (χ1) is 15.2. The summed E-state index contributed by atoms with van der Waals surface area (Å²) in [5.41, 5.74) is 3.32. The van der Waals surface area contributed by atoms with Crippen molar-refractivity contribution in [1.29, 1.82) is 0 Å². The molecule has 0 saturated heterocycles. The summed E-state index contributed by atoms with van der Waals surface area (Å²) < 4.78 is 17.4. The number of benzene rings is 1. The molecule has 7 nitrogen and oxygen atoms in total. The van der Waals surface area contributed by atoms with Gasteiger partial charge in [0.15, 0.2) is 11.5 Å². The number of carbonyl (C=O) groups is 1. The molecule has 3 heterocycles. The lowest BCUT2D eigenvalue weighted by Gasteiger charge is -2.08. The maximum atomic E-state index is 13.4. The van der Waals surface area contributed by atoms with E-state index in [9.17, 15) is 9.18 Å². The molecule has 2 aromatic heterocycles. The number of amides is 1. The van der Waals surface area contributed by atoms with Crippen molar-refractivity contribution >= 4 is 5.91 Å². The molecule has 0 unspecified atom stereocenters. The standard InChI is InChI=1S/C23H27FN6O/c24-16-10-12-17(13-11-16)30-19-8-4-1-3-7-18(19)22(28-30)23(31)25-15-21-27-26-20-9-5-2-6-14-29(20)21/h10-13H,1-9,14-15H2,(H,25,31). The number of halogens is 1. The van der Waals surface area contributed by atoms with Crippen molar-refractivity contribution in [1.82, 2.24) is 29.9 Å². The number of nitrogens with one attached hydrogen (secondary N) is 1. The van der Waals surface area contributed by atoms with E-state index in [4.69, 9.17) is 0 Å². The highest BCUT2D eigenvalue weighted by Crippen LogP contribution is 2.26. The van der Waals surface area contributed by atoms with Crippen molar-refractivity contribution < 1.29 is 9.18 Å². The van der Waals surface area contributed by atoms with Crippen LogP contribution in [-0.4, -0.2) is 30.5 Å². The molecule has 1 N–H and O–H groups in total. The summed E-state index contributed by atoms with van der Waals surface area (Å²) in [5.74, 6) is 1.34. The second kappa shape index (κ2) is 8.61. The number of fused-ring (bicyclic) bond motifs is 2. The molecule has 0 fully saturated rings. The maximum absolute atomic E-state index is 13.4. The van der Waals surface area contributed by atoms with Crippen LogP contribution in [0.2, 0.25) is 0 Å². The number of nitrogens with zero attached hydrogens (tertiary/aromatic N) is 5. The molecule has 2 aliphatic rings. The van der Waals surface area contributed by atoms with E-state index in [-0.39, 0.29) is 11.7 Å². The first-order valence-corrected chi connectivity index (χ1v) is 11.3. The van der Waals surface area contributed by atoms with Gasteiger partial charge in [-0.2, -0.15) is 5.10 Å². The Balaban J connectivity index is 1.41. The Kier molecular flexibility index (Phi) is 5.53. The van der Waals surface area contributed by atoms with Crippen molar-refractivity contribution in [3.8, 4) is 5.69 Å². The number of rotatable bonds is 4. The van der Waals surface area contributed by atoms with Crippen LogP contribution in [0.4, 0.5) is 4.39 Å². The second-order valence-corrected chi connectivity index (χ2v) is 8.40. The zero-order chi connectivity index (χ0) is 21.2. The van der Waals surface area contributed by atoms with Crippen molar-refractivity contribution in [2.45, 2.75) is 70.9 Å². The van der Waals surface area contributed by atoms with Gasteiger partial charge in [-0.1, -0.05) is 12.8 Å². The van der Waals surface area contributed by atoms with Crippen LogP contribution in [-0.2, 0) is 32.4 Å². The summed E-state index contributed by atoms with van der Waals surface area (Å²) >= 11 is 0. The van der Waals surface area contributed by atoms with Crippen LogP contribution in [0, 0.1) is 5.82 Å². The Morgan fingerprint density at radius 1 is 0.968 bits per heavy atom. The van der Waals surface area contributed by atoms with Gasteiger partial charge in [0.05, 0.1) is 12.2 Å². The summed E-state index contributed by atoms with van der Waals surface area (Å²) in [4.78, 5) is 13.2. The molecule has 5 rings (SSSR count). The average molecular weight is 423 g/mol. The summed E-state index contributed by atoms with van der Waals surface area (Å²) in [7, 11) is 0. The van der Waals surface area contributed by atoms with E-state index >= 15 is 0 Å². The third-order valence-corrected chi connectivity index (χ3v) is 6.31. The number of hydrogen-bond donors (Lipinski definition) is 1. The predicted octanol–water partition coefficient (Wildman–Crippen LogP) is 3.53. The van der Waals surface area contributed by atoms with E-state index in [1.165, 1.54) is 18.6 Å². The Morgan fingerprint density at radius 3 is 2.61 bits per heavy atom. The third kappa shape index (κ3) is 3.98. The van der Waals surface area contributed by atoms with Gasteiger partial charge in [0.25, 0.3) is 5.91 Å². The molecule has 0 bridgehead atoms. The first kappa shape index (κ1) is 19.9. The van der Waals surface area contributed by atoms with Crippen molar-refractivity contribution in [3.63, 3.8) is 0 Å². The van der Waals surface area contributed by atoms with Crippen molar-refractivity contribution in [3.05, 3.63) is 58.7 Å². The van der Waals surface area contributed by atoms with Gasteiger partial charge in [0.2, 0.25) is 0 Å². The molecule has 1 aromatic carbocycles. The Morgan fingerprint density at radius 2 is 1.74 bits per heavy atom. The molecule has 1 amide bonds. The van der Waals surface area contributed by atoms with E-state index in [2.05, 4.69) is 25.2 Å². The fourth-order valence-corrected chi connectivity index (χ4v) is 4.67. The Hall–Kier alpha value is -3.03. The first-order valence-electron chi connectivity index (χ1n) is 11.3. The molecule has 8 heteroatoms. The van der Waals surface area contributed by atoms with Gasteiger partial charge in [-0.25, -0.2) is 9.07 Å². The number of aryl methyl sites for hydroxylation is 1. The van der Waals surface area contributed by atoms with E-state index in [0.29, 0.717) is 12.2 Å².